The summed E-state index contributed by atoms with van der Waals surface area (Å²) in [5.74, 6) is 0.295. The number of benzene rings is 2. The van der Waals surface area contributed by atoms with Crippen molar-refractivity contribution in [2.24, 2.45) is 0 Å². The van der Waals surface area contributed by atoms with Gasteiger partial charge >= 0.3 is 0 Å². The van der Waals surface area contributed by atoms with Crippen LogP contribution in [0.25, 0.3) is 17.0 Å². The molecule has 2 heterocycles. The van der Waals surface area contributed by atoms with Crippen LogP contribution in [0.2, 0.25) is 5.02 Å². The Morgan fingerprint density at radius 2 is 1.97 bits per heavy atom. The number of nitrogens with zero attached hydrogens (tertiary/aromatic N) is 2. The zero-order chi connectivity index (χ0) is 23.0. The van der Waals surface area contributed by atoms with E-state index < -0.39 is 0 Å². The van der Waals surface area contributed by atoms with Gasteiger partial charge < -0.3 is 14.6 Å². The van der Waals surface area contributed by atoms with E-state index in [1.165, 1.54) is 0 Å². The summed E-state index contributed by atoms with van der Waals surface area (Å²) in [5, 5.41) is 15.9. The van der Waals surface area contributed by atoms with Gasteiger partial charge in [-0.25, -0.2) is 0 Å². The quantitative estimate of drug-likeness (QED) is 0.182. The normalized spacial score (nSPS) is 11.3. The molecule has 0 unspecified atom stereocenters. The average Bonchev–Trinajstić information content (AvgIpc) is 3.48. The van der Waals surface area contributed by atoms with Crippen LogP contribution in [-0.2, 0) is 17.9 Å². The first-order chi connectivity index (χ1) is 16.2. The number of thiophene rings is 1. The number of aromatic nitrogens is 1. The molecule has 0 radical (unpaired) electrons. The van der Waals surface area contributed by atoms with Gasteiger partial charge in [0.2, 0.25) is 0 Å². The molecule has 2 aromatic carbocycles. The Kier molecular flexibility index (Phi) is 7.46. The van der Waals surface area contributed by atoms with Gasteiger partial charge in [0.05, 0.1) is 18.2 Å². The standard InChI is InChI=1S/C26H22ClN3O2S/c27-23-9-2-4-11-25(23)32-13-6-12-30-18-20(22-8-1-3-10-24(22)30)15-19(16-28)26(31)29-17-21-7-5-14-33-21/h1-5,7-11,14-15,18H,6,12-13,17H2,(H,29,31)/b19-15+. The Bertz CT molecular complexity index is 1320. The lowest BCUT2D eigenvalue weighted by Gasteiger charge is -2.09. The smallest absolute Gasteiger partial charge is 0.262 e. The van der Waals surface area contributed by atoms with Gasteiger partial charge in [0.1, 0.15) is 17.4 Å². The average molecular weight is 476 g/mol. The molecular formula is C26H22ClN3O2S. The Labute approximate surface area is 201 Å². The molecule has 0 fully saturated rings. The molecule has 2 aromatic heterocycles. The van der Waals surface area contributed by atoms with Crippen LogP contribution in [0, 0.1) is 11.3 Å². The summed E-state index contributed by atoms with van der Waals surface area (Å²) in [7, 11) is 0. The number of carbonyl (C=O) groups is 1. The molecule has 0 aliphatic heterocycles. The first-order valence-electron chi connectivity index (χ1n) is 10.5. The van der Waals surface area contributed by atoms with E-state index in [1.807, 2.05) is 72.2 Å². The molecule has 5 nitrogen and oxygen atoms in total. The minimum absolute atomic E-state index is 0.0801. The van der Waals surface area contributed by atoms with E-state index in [0.717, 1.165) is 34.3 Å². The number of nitrogens with one attached hydrogen (secondary N) is 1. The molecule has 166 valence electrons. The number of fused-ring (bicyclic) bond motifs is 1. The molecule has 4 aromatic rings. The maximum atomic E-state index is 12.6. The number of para-hydroxylation sites is 2. The molecule has 1 amide bonds. The fourth-order valence-electron chi connectivity index (χ4n) is 3.53. The summed E-state index contributed by atoms with van der Waals surface area (Å²) in [4.78, 5) is 13.6. The maximum Gasteiger partial charge on any atom is 0.262 e. The summed E-state index contributed by atoms with van der Waals surface area (Å²) in [6, 6.07) is 21.3. The van der Waals surface area contributed by atoms with Gasteiger partial charge in [-0.2, -0.15) is 5.26 Å². The SMILES string of the molecule is N#C/C(=C\c1cn(CCCOc2ccccc2Cl)c2ccccc12)C(=O)NCc1cccs1. The zero-order valence-corrected chi connectivity index (χ0v) is 19.4. The zero-order valence-electron chi connectivity index (χ0n) is 17.8. The maximum absolute atomic E-state index is 12.6. The van der Waals surface area contributed by atoms with Gasteiger partial charge in [0.25, 0.3) is 5.91 Å². The monoisotopic (exact) mass is 475 g/mol. The third-order valence-electron chi connectivity index (χ3n) is 5.13. The topological polar surface area (TPSA) is 67.0 Å². The van der Waals surface area contributed by atoms with Gasteiger partial charge in [0, 0.05) is 34.1 Å². The first-order valence-corrected chi connectivity index (χ1v) is 11.8. The van der Waals surface area contributed by atoms with E-state index in [-0.39, 0.29) is 11.5 Å². The van der Waals surface area contributed by atoms with Crippen molar-refractivity contribution in [3.63, 3.8) is 0 Å². The highest BCUT2D eigenvalue weighted by Gasteiger charge is 2.12. The van der Waals surface area contributed by atoms with Crippen LogP contribution in [0.5, 0.6) is 5.75 Å². The van der Waals surface area contributed by atoms with Crippen molar-refractivity contribution in [2.75, 3.05) is 6.61 Å². The summed E-state index contributed by atoms with van der Waals surface area (Å²) >= 11 is 7.71. The number of halogens is 1. The van der Waals surface area contributed by atoms with Crippen LogP contribution >= 0.6 is 22.9 Å². The predicted octanol–water partition coefficient (Wildman–Crippen LogP) is 6.05. The first kappa shape index (κ1) is 22.7. The Balaban J connectivity index is 1.47. The molecule has 0 aliphatic rings. The minimum Gasteiger partial charge on any atom is -0.492 e. The highest BCUT2D eigenvalue weighted by atomic mass is 35.5. The van der Waals surface area contributed by atoms with Crippen LogP contribution in [0.3, 0.4) is 0 Å². The molecule has 0 saturated carbocycles. The van der Waals surface area contributed by atoms with Crippen LogP contribution in [0.4, 0.5) is 0 Å². The van der Waals surface area contributed by atoms with E-state index in [4.69, 9.17) is 16.3 Å². The Morgan fingerprint density at radius 1 is 1.15 bits per heavy atom. The van der Waals surface area contributed by atoms with E-state index in [1.54, 1.807) is 23.5 Å². The number of nitriles is 1. The second kappa shape index (κ2) is 10.9. The lowest BCUT2D eigenvalue weighted by molar-refractivity contribution is -0.117. The highest BCUT2D eigenvalue weighted by molar-refractivity contribution is 7.09. The summed E-state index contributed by atoms with van der Waals surface area (Å²) in [6.07, 6.45) is 4.41. The van der Waals surface area contributed by atoms with Gasteiger partial charge in [-0.05, 0) is 42.1 Å². The number of carbonyl (C=O) groups excluding carboxylic acids is 1. The summed E-state index contributed by atoms with van der Waals surface area (Å²) in [5.41, 5.74) is 1.95. The van der Waals surface area contributed by atoms with Gasteiger partial charge in [-0.3, -0.25) is 4.79 Å². The number of hydrogen-bond acceptors (Lipinski definition) is 4. The van der Waals surface area contributed by atoms with Crippen molar-refractivity contribution in [1.82, 2.24) is 9.88 Å². The third kappa shape index (κ3) is 5.64. The second-order valence-corrected chi connectivity index (χ2v) is 8.80. The lowest BCUT2D eigenvalue weighted by atomic mass is 10.1. The van der Waals surface area contributed by atoms with E-state index in [0.29, 0.717) is 23.9 Å². The van der Waals surface area contributed by atoms with Gasteiger partial charge in [0.15, 0.2) is 0 Å². The fourth-order valence-corrected chi connectivity index (χ4v) is 4.37. The summed E-state index contributed by atoms with van der Waals surface area (Å²) in [6.45, 7) is 1.66. The number of aryl methyl sites for hydroxylation is 1. The largest absolute Gasteiger partial charge is 0.492 e. The lowest BCUT2D eigenvalue weighted by Crippen LogP contribution is -2.23. The molecule has 0 spiro atoms. The minimum atomic E-state index is -0.379. The number of hydrogen-bond donors (Lipinski definition) is 1. The Morgan fingerprint density at radius 3 is 2.76 bits per heavy atom. The molecule has 7 heteroatoms. The number of ether oxygens (including phenoxy) is 1. The third-order valence-corrected chi connectivity index (χ3v) is 6.31. The molecule has 0 atom stereocenters. The Hall–Kier alpha value is -3.53. The van der Waals surface area contributed by atoms with Crippen LogP contribution in [0.15, 0.2) is 77.8 Å². The van der Waals surface area contributed by atoms with E-state index >= 15 is 0 Å². The highest BCUT2D eigenvalue weighted by Crippen LogP contribution is 2.25. The molecule has 0 saturated heterocycles. The molecule has 1 N–H and O–H groups in total. The van der Waals surface area contributed by atoms with Crippen LogP contribution < -0.4 is 10.1 Å². The van der Waals surface area contributed by atoms with Gasteiger partial charge in [-0.1, -0.05) is 48.0 Å². The number of rotatable bonds is 9. The fraction of sp³-hybridized carbons (Fsp3) is 0.154. The molecule has 0 bridgehead atoms. The van der Waals surface area contributed by atoms with Crippen molar-refractivity contribution in [2.45, 2.75) is 19.5 Å². The van der Waals surface area contributed by atoms with E-state index in [9.17, 15) is 10.1 Å². The van der Waals surface area contributed by atoms with Crippen molar-refractivity contribution in [3.05, 3.63) is 93.3 Å². The van der Waals surface area contributed by atoms with Crippen LogP contribution in [-0.4, -0.2) is 17.1 Å². The molecular weight excluding hydrogens is 454 g/mol. The number of amides is 1. The molecule has 0 aliphatic carbocycles. The van der Waals surface area contributed by atoms with Crippen molar-refractivity contribution in [1.29, 1.82) is 5.26 Å². The van der Waals surface area contributed by atoms with Crippen molar-refractivity contribution >= 4 is 45.8 Å². The predicted molar refractivity (Wildman–Crippen MR) is 133 cm³/mol. The van der Waals surface area contributed by atoms with Crippen molar-refractivity contribution < 1.29 is 9.53 Å². The summed E-state index contributed by atoms with van der Waals surface area (Å²) < 4.78 is 7.92. The van der Waals surface area contributed by atoms with Crippen LogP contribution in [0.1, 0.15) is 16.9 Å². The second-order valence-electron chi connectivity index (χ2n) is 7.36. The van der Waals surface area contributed by atoms with E-state index in [2.05, 4.69) is 9.88 Å². The van der Waals surface area contributed by atoms with Gasteiger partial charge in [-0.15, -0.1) is 11.3 Å². The molecule has 33 heavy (non-hydrogen) atoms. The molecule has 4 rings (SSSR count). The van der Waals surface area contributed by atoms with Crippen molar-refractivity contribution in [3.8, 4) is 11.8 Å².